The van der Waals surface area contributed by atoms with Crippen molar-refractivity contribution in [3.63, 3.8) is 0 Å². The van der Waals surface area contributed by atoms with Crippen molar-refractivity contribution in [1.82, 2.24) is 4.98 Å². The zero-order chi connectivity index (χ0) is 14.7. The number of benzene rings is 1. The Labute approximate surface area is 112 Å². The van der Waals surface area contributed by atoms with Gasteiger partial charge < -0.3 is 15.2 Å². The number of hydrogen-bond acceptors (Lipinski definition) is 5. The van der Waals surface area contributed by atoms with Gasteiger partial charge in [0.15, 0.2) is 5.69 Å². The lowest BCUT2D eigenvalue weighted by atomic mass is 10.3. The van der Waals surface area contributed by atoms with E-state index in [1.54, 1.807) is 0 Å². The van der Waals surface area contributed by atoms with Gasteiger partial charge in [-0.1, -0.05) is 0 Å². The van der Waals surface area contributed by atoms with Gasteiger partial charge in [-0.3, -0.25) is 0 Å². The molecule has 0 amide bonds. The third-order valence-corrected chi connectivity index (χ3v) is 2.28. The van der Waals surface area contributed by atoms with Gasteiger partial charge in [-0.25, -0.2) is 18.6 Å². The van der Waals surface area contributed by atoms with Gasteiger partial charge in [0.25, 0.3) is 0 Å². The molecule has 7 heteroatoms. The third-order valence-electron chi connectivity index (χ3n) is 2.28. The maximum Gasteiger partial charge on any atom is 0.356 e. The number of nitrogens with zero attached hydrogens (tertiary/aromatic N) is 1. The van der Waals surface area contributed by atoms with Crippen LogP contribution in [0.5, 0.6) is 11.5 Å². The van der Waals surface area contributed by atoms with Crippen molar-refractivity contribution in [3.05, 3.63) is 47.7 Å². The number of rotatable bonds is 3. The number of anilines is 1. The summed E-state index contributed by atoms with van der Waals surface area (Å²) in [5.74, 6) is -2.20. The van der Waals surface area contributed by atoms with Crippen LogP contribution in [0.25, 0.3) is 0 Å². The number of nitrogens with two attached hydrogens (primary N) is 1. The van der Waals surface area contributed by atoms with E-state index in [0.29, 0.717) is 6.07 Å². The molecule has 0 aliphatic rings. The third kappa shape index (κ3) is 3.19. The number of esters is 1. The highest BCUT2D eigenvalue weighted by Gasteiger charge is 2.11. The van der Waals surface area contributed by atoms with Crippen molar-refractivity contribution >= 4 is 11.8 Å². The quantitative estimate of drug-likeness (QED) is 0.874. The van der Waals surface area contributed by atoms with Crippen LogP contribution in [0.4, 0.5) is 14.6 Å². The number of methoxy groups -OCH3 is 1. The molecule has 0 aliphatic carbocycles. The first-order valence-corrected chi connectivity index (χ1v) is 5.48. The van der Waals surface area contributed by atoms with Gasteiger partial charge in [-0.2, -0.15) is 0 Å². The van der Waals surface area contributed by atoms with Crippen LogP contribution < -0.4 is 10.5 Å². The second kappa shape index (κ2) is 5.52. The molecule has 0 bridgehead atoms. The Morgan fingerprint density at radius 3 is 2.30 bits per heavy atom. The lowest BCUT2D eigenvalue weighted by Crippen LogP contribution is -2.06. The predicted octanol–water partition coefficient (Wildman–Crippen LogP) is 2.52. The monoisotopic (exact) mass is 280 g/mol. The van der Waals surface area contributed by atoms with Crippen LogP contribution in [0, 0.1) is 11.6 Å². The smallest absolute Gasteiger partial charge is 0.356 e. The molecular formula is C13H10F2N2O3. The first-order chi connectivity index (χ1) is 9.47. The Hall–Kier alpha value is -2.70. The molecule has 2 aromatic rings. The van der Waals surface area contributed by atoms with E-state index in [-0.39, 0.29) is 23.0 Å². The molecule has 0 radical (unpaired) electrons. The van der Waals surface area contributed by atoms with Gasteiger partial charge in [-0.15, -0.1) is 0 Å². The van der Waals surface area contributed by atoms with E-state index in [1.165, 1.54) is 19.2 Å². The first-order valence-electron chi connectivity index (χ1n) is 5.48. The van der Waals surface area contributed by atoms with Crippen LogP contribution in [0.15, 0.2) is 30.3 Å². The Balaban J connectivity index is 2.33. The van der Waals surface area contributed by atoms with E-state index in [1.807, 2.05) is 0 Å². The van der Waals surface area contributed by atoms with Crippen molar-refractivity contribution in [3.8, 4) is 11.5 Å². The summed E-state index contributed by atoms with van der Waals surface area (Å²) in [5, 5.41) is 0. The van der Waals surface area contributed by atoms with Crippen molar-refractivity contribution in [2.24, 2.45) is 0 Å². The van der Waals surface area contributed by atoms with Crippen LogP contribution >= 0.6 is 0 Å². The molecule has 2 N–H and O–H groups in total. The predicted molar refractivity (Wildman–Crippen MR) is 66.4 cm³/mol. The minimum absolute atomic E-state index is 0.0137. The Kier molecular flexibility index (Phi) is 3.79. The SMILES string of the molecule is COC(=O)c1cc(Oc2cc(F)cc(F)c2)cc(N)n1. The van der Waals surface area contributed by atoms with Crippen LogP contribution in [0.1, 0.15) is 10.5 Å². The lowest BCUT2D eigenvalue weighted by Gasteiger charge is -2.08. The van der Waals surface area contributed by atoms with Gasteiger partial charge in [0.05, 0.1) is 7.11 Å². The summed E-state index contributed by atoms with van der Waals surface area (Å²) in [6.45, 7) is 0. The molecule has 1 aromatic carbocycles. The number of halogens is 2. The highest BCUT2D eigenvalue weighted by molar-refractivity contribution is 5.88. The number of hydrogen-bond donors (Lipinski definition) is 1. The molecule has 1 aromatic heterocycles. The summed E-state index contributed by atoms with van der Waals surface area (Å²) in [7, 11) is 1.19. The molecule has 20 heavy (non-hydrogen) atoms. The van der Waals surface area contributed by atoms with E-state index in [0.717, 1.165) is 12.1 Å². The van der Waals surface area contributed by atoms with E-state index in [9.17, 15) is 13.6 Å². The molecule has 5 nitrogen and oxygen atoms in total. The number of ether oxygens (including phenoxy) is 2. The molecule has 0 atom stereocenters. The lowest BCUT2D eigenvalue weighted by molar-refractivity contribution is 0.0594. The van der Waals surface area contributed by atoms with Crippen LogP contribution in [0.2, 0.25) is 0 Å². The molecule has 0 fully saturated rings. The second-order valence-electron chi connectivity index (χ2n) is 3.81. The van der Waals surface area contributed by atoms with Gasteiger partial charge >= 0.3 is 5.97 Å². The zero-order valence-electron chi connectivity index (χ0n) is 10.4. The first kappa shape index (κ1) is 13.7. The molecule has 0 aliphatic heterocycles. The fraction of sp³-hybridized carbons (Fsp3) is 0.0769. The normalized spacial score (nSPS) is 10.2. The Bertz CT molecular complexity index is 642. The fourth-order valence-corrected chi connectivity index (χ4v) is 1.52. The summed E-state index contributed by atoms with van der Waals surface area (Å²) < 4.78 is 35.8. The van der Waals surface area contributed by atoms with Crippen LogP contribution in [0.3, 0.4) is 0 Å². The molecular weight excluding hydrogens is 270 g/mol. The van der Waals surface area contributed by atoms with Crippen molar-refractivity contribution in [1.29, 1.82) is 0 Å². The Morgan fingerprint density at radius 2 is 1.70 bits per heavy atom. The molecule has 1 heterocycles. The van der Waals surface area contributed by atoms with Crippen LogP contribution in [-0.4, -0.2) is 18.1 Å². The minimum atomic E-state index is -0.782. The van der Waals surface area contributed by atoms with Gasteiger partial charge in [0.2, 0.25) is 0 Å². The number of carbonyl (C=O) groups excluding carboxylic acids is 1. The van der Waals surface area contributed by atoms with Crippen LogP contribution in [-0.2, 0) is 4.74 Å². The number of aromatic nitrogens is 1. The van der Waals surface area contributed by atoms with E-state index in [2.05, 4.69) is 9.72 Å². The van der Waals surface area contributed by atoms with Gasteiger partial charge in [0, 0.05) is 30.3 Å². The number of nitrogen functional groups attached to an aromatic ring is 1. The van der Waals surface area contributed by atoms with E-state index < -0.39 is 17.6 Å². The number of carbonyl (C=O) groups is 1. The molecule has 0 saturated carbocycles. The second-order valence-corrected chi connectivity index (χ2v) is 3.81. The summed E-state index contributed by atoms with van der Waals surface area (Å²) in [4.78, 5) is 15.1. The summed E-state index contributed by atoms with van der Waals surface area (Å²) in [6, 6.07) is 5.28. The van der Waals surface area contributed by atoms with Crippen molar-refractivity contribution in [2.75, 3.05) is 12.8 Å². The summed E-state index contributed by atoms with van der Waals surface area (Å²) >= 11 is 0. The van der Waals surface area contributed by atoms with Crippen molar-refractivity contribution in [2.45, 2.75) is 0 Å². The molecule has 0 saturated heterocycles. The summed E-state index contributed by atoms with van der Waals surface area (Å²) in [5.41, 5.74) is 5.45. The number of pyridine rings is 1. The standard InChI is InChI=1S/C13H10F2N2O3/c1-19-13(18)11-5-10(6-12(16)17-11)20-9-3-7(14)2-8(15)4-9/h2-6H,1H3,(H2,16,17). The van der Waals surface area contributed by atoms with Crippen molar-refractivity contribution < 1.29 is 23.0 Å². The van der Waals surface area contributed by atoms with E-state index >= 15 is 0 Å². The average molecular weight is 280 g/mol. The topological polar surface area (TPSA) is 74.4 Å². The molecule has 0 unspecified atom stereocenters. The minimum Gasteiger partial charge on any atom is -0.464 e. The highest BCUT2D eigenvalue weighted by Crippen LogP contribution is 2.25. The molecule has 0 spiro atoms. The summed E-state index contributed by atoms with van der Waals surface area (Å²) in [6.07, 6.45) is 0. The molecule has 2 rings (SSSR count). The maximum absolute atomic E-state index is 13.0. The largest absolute Gasteiger partial charge is 0.464 e. The Morgan fingerprint density at radius 1 is 1.10 bits per heavy atom. The van der Waals surface area contributed by atoms with Gasteiger partial charge in [-0.05, 0) is 0 Å². The van der Waals surface area contributed by atoms with E-state index in [4.69, 9.17) is 10.5 Å². The average Bonchev–Trinajstić information content (AvgIpc) is 2.35. The van der Waals surface area contributed by atoms with Gasteiger partial charge in [0.1, 0.15) is 29.0 Å². The highest BCUT2D eigenvalue weighted by atomic mass is 19.1. The zero-order valence-corrected chi connectivity index (χ0v) is 10.4. The maximum atomic E-state index is 13.0. The fourth-order valence-electron chi connectivity index (χ4n) is 1.52. The molecule has 104 valence electrons.